The van der Waals surface area contributed by atoms with Crippen molar-refractivity contribution < 1.29 is 8.81 Å². The van der Waals surface area contributed by atoms with Crippen LogP contribution in [0.1, 0.15) is 32.2 Å². The van der Waals surface area contributed by atoms with E-state index >= 15 is 0 Å². The fraction of sp³-hybridized carbons (Fsp3) is 0.385. The molecule has 4 nitrogen and oxygen atoms in total. The van der Waals surface area contributed by atoms with E-state index in [1.54, 1.807) is 6.07 Å². The molecular weight excluding hydrogens is 313 g/mol. The van der Waals surface area contributed by atoms with Crippen molar-refractivity contribution in [1.82, 2.24) is 15.5 Å². The van der Waals surface area contributed by atoms with Crippen LogP contribution in [0.2, 0.25) is 0 Å². The third-order valence-electron chi connectivity index (χ3n) is 2.76. The Morgan fingerprint density at radius 2 is 2.16 bits per heavy atom. The Labute approximate surface area is 119 Å². The van der Waals surface area contributed by atoms with Crippen LogP contribution in [0.15, 0.2) is 27.1 Å². The van der Waals surface area contributed by atoms with E-state index in [4.69, 9.17) is 4.42 Å². The number of rotatable bonds is 5. The number of hydrogen-bond acceptors (Lipinski definition) is 4. The number of nitrogens with zero attached hydrogens (tertiary/aromatic N) is 2. The van der Waals surface area contributed by atoms with E-state index < -0.39 is 0 Å². The Hall–Kier alpha value is -1.27. The molecule has 0 amide bonds. The number of halogens is 2. The molecule has 0 fully saturated rings. The first-order valence-corrected chi connectivity index (χ1v) is 6.97. The molecule has 0 saturated carbocycles. The van der Waals surface area contributed by atoms with Crippen LogP contribution in [0.3, 0.4) is 0 Å². The molecule has 1 unspecified atom stereocenters. The van der Waals surface area contributed by atoms with Crippen molar-refractivity contribution in [3.05, 3.63) is 34.4 Å². The van der Waals surface area contributed by atoms with Gasteiger partial charge in [0.2, 0.25) is 11.8 Å². The molecular formula is C13H15BrFN3O. The van der Waals surface area contributed by atoms with E-state index in [0.717, 1.165) is 13.0 Å². The van der Waals surface area contributed by atoms with E-state index in [-0.39, 0.29) is 11.9 Å². The van der Waals surface area contributed by atoms with E-state index in [0.29, 0.717) is 21.8 Å². The Balaban J connectivity index is 2.29. The van der Waals surface area contributed by atoms with Gasteiger partial charge in [-0.05, 0) is 47.1 Å². The van der Waals surface area contributed by atoms with Crippen molar-refractivity contribution in [3.8, 4) is 11.5 Å². The Morgan fingerprint density at radius 3 is 2.79 bits per heavy atom. The molecule has 0 radical (unpaired) electrons. The van der Waals surface area contributed by atoms with Gasteiger partial charge in [-0.15, -0.1) is 10.2 Å². The van der Waals surface area contributed by atoms with Gasteiger partial charge in [0.05, 0.1) is 11.6 Å². The third-order valence-corrected chi connectivity index (χ3v) is 3.42. The Morgan fingerprint density at radius 1 is 1.37 bits per heavy atom. The summed E-state index contributed by atoms with van der Waals surface area (Å²) >= 11 is 3.29. The molecule has 0 bridgehead atoms. The number of hydrogen-bond donors (Lipinski definition) is 1. The van der Waals surface area contributed by atoms with Crippen LogP contribution in [0.4, 0.5) is 4.39 Å². The minimum absolute atomic E-state index is 0.0467. The number of nitrogens with one attached hydrogen (secondary N) is 1. The molecule has 0 spiro atoms. The van der Waals surface area contributed by atoms with Crippen molar-refractivity contribution >= 4 is 15.9 Å². The maximum atomic E-state index is 13.0. The zero-order valence-corrected chi connectivity index (χ0v) is 12.4. The molecule has 102 valence electrons. The van der Waals surface area contributed by atoms with Gasteiger partial charge in [-0.25, -0.2) is 4.39 Å². The zero-order chi connectivity index (χ0) is 13.8. The summed E-state index contributed by atoms with van der Waals surface area (Å²) in [7, 11) is 0. The van der Waals surface area contributed by atoms with Crippen LogP contribution in [0, 0.1) is 5.82 Å². The van der Waals surface area contributed by atoms with Gasteiger partial charge in [-0.1, -0.05) is 13.8 Å². The highest BCUT2D eigenvalue weighted by Gasteiger charge is 2.17. The molecule has 1 aromatic carbocycles. The normalized spacial score (nSPS) is 12.6. The lowest BCUT2D eigenvalue weighted by atomic mass is 10.2. The van der Waals surface area contributed by atoms with Gasteiger partial charge in [0.15, 0.2) is 0 Å². The molecule has 1 atom stereocenters. The topological polar surface area (TPSA) is 51.0 Å². The molecule has 1 N–H and O–H groups in total. The van der Waals surface area contributed by atoms with E-state index in [1.807, 2.05) is 13.8 Å². The fourth-order valence-corrected chi connectivity index (χ4v) is 2.32. The molecule has 6 heteroatoms. The van der Waals surface area contributed by atoms with E-state index in [1.165, 1.54) is 12.1 Å². The first-order chi connectivity index (χ1) is 9.15. The van der Waals surface area contributed by atoms with Gasteiger partial charge < -0.3 is 9.73 Å². The number of aromatic nitrogens is 2. The summed E-state index contributed by atoms with van der Waals surface area (Å²) in [4.78, 5) is 0. The van der Waals surface area contributed by atoms with Crippen molar-refractivity contribution in [3.63, 3.8) is 0 Å². The molecule has 0 aliphatic rings. The van der Waals surface area contributed by atoms with Gasteiger partial charge in [0, 0.05) is 4.47 Å². The summed E-state index contributed by atoms with van der Waals surface area (Å²) in [5.74, 6) is 0.628. The molecule has 2 aromatic rings. The molecule has 0 saturated heterocycles. The molecule has 19 heavy (non-hydrogen) atoms. The second-order valence-electron chi connectivity index (χ2n) is 4.09. The largest absolute Gasteiger partial charge is 0.419 e. The molecule has 1 aromatic heterocycles. The highest BCUT2D eigenvalue weighted by atomic mass is 79.9. The first-order valence-electron chi connectivity index (χ1n) is 6.17. The SMILES string of the molecule is CCNC(CC)c1nnc(-c2ccc(F)cc2Br)o1. The second kappa shape index (κ2) is 6.25. The summed E-state index contributed by atoms with van der Waals surface area (Å²) in [5.41, 5.74) is 0.687. The zero-order valence-electron chi connectivity index (χ0n) is 10.8. The standard InChI is InChI=1S/C13H15BrFN3O/c1-3-11(16-4-2)13-18-17-12(19-13)9-6-5-8(15)7-10(9)14/h5-7,11,16H,3-4H2,1-2H3. The van der Waals surface area contributed by atoms with E-state index in [2.05, 4.69) is 31.4 Å². The van der Waals surface area contributed by atoms with Crippen LogP contribution in [0.5, 0.6) is 0 Å². The molecule has 0 aliphatic carbocycles. The molecule has 2 rings (SSSR count). The smallest absolute Gasteiger partial charge is 0.248 e. The Kier molecular flexibility index (Phi) is 4.66. The molecule has 0 aliphatic heterocycles. The summed E-state index contributed by atoms with van der Waals surface area (Å²) in [6.07, 6.45) is 0.861. The summed E-state index contributed by atoms with van der Waals surface area (Å²) < 4.78 is 19.3. The summed E-state index contributed by atoms with van der Waals surface area (Å²) in [6.45, 7) is 4.90. The second-order valence-corrected chi connectivity index (χ2v) is 4.94. The summed E-state index contributed by atoms with van der Waals surface area (Å²) in [5, 5.41) is 11.3. The highest BCUT2D eigenvalue weighted by molar-refractivity contribution is 9.10. The lowest BCUT2D eigenvalue weighted by molar-refractivity contribution is 0.402. The van der Waals surface area contributed by atoms with Crippen LogP contribution < -0.4 is 5.32 Å². The van der Waals surface area contributed by atoms with Crippen LogP contribution in [-0.2, 0) is 0 Å². The van der Waals surface area contributed by atoms with Gasteiger partial charge >= 0.3 is 0 Å². The fourth-order valence-electron chi connectivity index (χ4n) is 1.80. The minimum Gasteiger partial charge on any atom is -0.419 e. The number of benzene rings is 1. The van der Waals surface area contributed by atoms with Crippen molar-refractivity contribution in [1.29, 1.82) is 0 Å². The predicted molar refractivity (Wildman–Crippen MR) is 74.1 cm³/mol. The van der Waals surface area contributed by atoms with Crippen molar-refractivity contribution in [2.75, 3.05) is 6.54 Å². The summed E-state index contributed by atoms with van der Waals surface area (Å²) in [6, 6.07) is 4.41. The first kappa shape index (κ1) is 14.1. The average molecular weight is 328 g/mol. The average Bonchev–Trinajstić information content (AvgIpc) is 2.85. The van der Waals surface area contributed by atoms with Gasteiger partial charge in [0.25, 0.3) is 0 Å². The highest BCUT2D eigenvalue weighted by Crippen LogP contribution is 2.29. The van der Waals surface area contributed by atoms with Gasteiger partial charge in [0.1, 0.15) is 5.82 Å². The van der Waals surface area contributed by atoms with Crippen molar-refractivity contribution in [2.24, 2.45) is 0 Å². The van der Waals surface area contributed by atoms with Gasteiger partial charge in [-0.3, -0.25) is 0 Å². The maximum absolute atomic E-state index is 13.0. The predicted octanol–water partition coefficient (Wildman–Crippen LogP) is 3.70. The van der Waals surface area contributed by atoms with Gasteiger partial charge in [-0.2, -0.15) is 0 Å². The quantitative estimate of drug-likeness (QED) is 0.909. The van der Waals surface area contributed by atoms with Crippen LogP contribution in [0.25, 0.3) is 11.5 Å². The van der Waals surface area contributed by atoms with Crippen molar-refractivity contribution in [2.45, 2.75) is 26.3 Å². The Bertz CT molecular complexity index is 559. The lowest BCUT2D eigenvalue weighted by Gasteiger charge is -2.10. The minimum atomic E-state index is -0.311. The molecule has 1 heterocycles. The van der Waals surface area contributed by atoms with Crippen LogP contribution in [-0.4, -0.2) is 16.7 Å². The monoisotopic (exact) mass is 327 g/mol. The van der Waals surface area contributed by atoms with Crippen LogP contribution >= 0.6 is 15.9 Å². The maximum Gasteiger partial charge on any atom is 0.248 e. The lowest BCUT2D eigenvalue weighted by Crippen LogP contribution is -2.20. The van der Waals surface area contributed by atoms with E-state index in [9.17, 15) is 4.39 Å². The third kappa shape index (κ3) is 3.19.